The van der Waals surface area contributed by atoms with E-state index in [-0.39, 0.29) is 0 Å². The Morgan fingerprint density at radius 2 is 2.19 bits per heavy atom. The number of hydrogen-bond donors (Lipinski definition) is 1. The van der Waals surface area contributed by atoms with E-state index in [4.69, 9.17) is 5.73 Å². The van der Waals surface area contributed by atoms with Gasteiger partial charge in [0.1, 0.15) is 0 Å². The number of nitrogens with two attached hydrogens (primary N) is 1. The van der Waals surface area contributed by atoms with Gasteiger partial charge in [-0.25, -0.2) is 0 Å². The Balaban J connectivity index is 2.42. The second kappa shape index (κ2) is 7.05. The van der Waals surface area contributed by atoms with E-state index in [1.807, 2.05) is 11.3 Å². The van der Waals surface area contributed by atoms with Crippen molar-refractivity contribution in [2.45, 2.75) is 39.8 Å². The lowest BCUT2D eigenvalue weighted by Gasteiger charge is -2.26. The minimum Gasteiger partial charge on any atom is -0.326 e. The highest BCUT2D eigenvalue weighted by Crippen LogP contribution is 2.13. The van der Waals surface area contributed by atoms with E-state index >= 15 is 0 Å². The van der Waals surface area contributed by atoms with Gasteiger partial charge >= 0.3 is 0 Å². The van der Waals surface area contributed by atoms with Crippen LogP contribution in [0.4, 0.5) is 0 Å². The molecule has 1 heterocycles. The van der Waals surface area contributed by atoms with Gasteiger partial charge in [-0.15, -0.1) is 11.3 Å². The molecule has 2 atom stereocenters. The van der Waals surface area contributed by atoms with E-state index in [0.29, 0.717) is 12.0 Å². The summed E-state index contributed by atoms with van der Waals surface area (Å²) in [5, 5.41) is 2.14. The number of rotatable bonds is 7. The van der Waals surface area contributed by atoms with Gasteiger partial charge in [-0.1, -0.05) is 33.3 Å². The molecule has 0 radical (unpaired) electrons. The lowest BCUT2D eigenvalue weighted by molar-refractivity contribution is 0.236. The summed E-state index contributed by atoms with van der Waals surface area (Å²) < 4.78 is 0. The number of likely N-dealkylation sites (N-methyl/N-ethyl adjacent to an activating group) is 1. The molecule has 2 nitrogen and oxygen atoms in total. The Labute approximate surface area is 103 Å². The van der Waals surface area contributed by atoms with Crippen molar-refractivity contribution in [2.75, 3.05) is 13.1 Å². The highest BCUT2D eigenvalue weighted by Gasteiger charge is 2.14. The highest BCUT2D eigenvalue weighted by molar-refractivity contribution is 7.09. The number of thiophene rings is 1. The molecule has 16 heavy (non-hydrogen) atoms. The molecule has 0 amide bonds. The van der Waals surface area contributed by atoms with Crippen molar-refractivity contribution in [3.05, 3.63) is 22.4 Å². The molecule has 1 aromatic rings. The van der Waals surface area contributed by atoms with Crippen LogP contribution in [0, 0.1) is 5.92 Å². The molecule has 0 aromatic carbocycles. The van der Waals surface area contributed by atoms with Crippen LogP contribution in [0.2, 0.25) is 0 Å². The number of nitrogens with zero attached hydrogens (tertiary/aromatic N) is 1. The summed E-state index contributed by atoms with van der Waals surface area (Å²) in [6, 6.07) is 4.61. The molecule has 0 aliphatic heterocycles. The largest absolute Gasteiger partial charge is 0.326 e. The fourth-order valence-electron chi connectivity index (χ4n) is 1.71. The molecular formula is C13H24N2S. The minimum absolute atomic E-state index is 0.296. The Morgan fingerprint density at radius 1 is 1.44 bits per heavy atom. The van der Waals surface area contributed by atoms with Gasteiger partial charge in [0.05, 0.1) is 0 Å². The monoisotopic (exact) mass is 240 g/mol. The summed E-state index contributed by atoms with van der Waals surface area (Å²) in [6.45, 7) is 9.77. The third-order valence-corrected chi connectivity index (χ3v) is 4.11. The van der Waals surface area contributed by atoms with Crippen LogP contribution in [0.3, 0.4) is 0 Å². The molecule has 0 saturated heterocycles. The normalized spacial score (nSPS) is 15.3. The van der Waals surface area contributed by atoms with Crippen molar-refractivity contribution in [3.8, 4) is 0 Å². The van der Waals surface area contributed by atoms with Crippen LogP contribution in [-0.2, 0) is 6.54 Å². The van der Waals surface area contributed by atoms with Crippen LogP contribution in [0.15, 0.2) is 17.5 Å². The van der Waals surface area contributed by atoms with Gasteiger partial charge in [0.25, 0.3) is 0 Å². The third kappa shape index (κ3) is 4.24. The zero-order chi connectivity index (χ0) is 12.0. The molecule has 0 bridgehead atoms. The van der Waals surface area contributed by atoms with E-state index in [2.05, 4.69) is 43.2 Å². The molecule has 92 valence electrons. The summed E-state index contributed by atoms with van der Waals surface area (Å²) >= 11 is 1.83. The van der Waals surface area contributed by atoms with Gasteiger partial charge in [0.2, 0.25) is 0 Å². The summed E-state index contributed by atoms with van der Waals surface area (Å²) in [5.41, 5.74) is 6.19. The van der Waals surface area contributed by atoms with Crippen molar-refractivity contribution in [3.63, 3.8) is 0 Å². The van der Waals surface area contributed by atoms with Crippen LogP contribution >= 0.6 is 11.3 Å². The molecule has 0 fully saturated rings. The Hall–Kier alpha value is -0.380. The van der Waals surface area contributed by atoms with Gasteiger partial charge in [0.15, 0.2) is 0 Å². The smallest absolute Gasteiger partial charge is 0.0328 e. The molecule has 2 N–H and O–H groups in total. The van der Waals surface area contributed by atoms with E-state index in [0.717, 1.165) is 26.1 Å². The standard InChI is InChI=1S/C13H24N2S/c1-4-11(3)13(14)10-15(5-2)9-12-7-6-8-16-12/h6-8,11,13H,4-5,9-10,14H2,1-3H3. The second-order valence-electron chi connectivity index (χ2n) is 4.46. The number of hydrogen-bond acceptors (Lipinski definition) is 3. The summed E-state index contributed by atoms with van der Waals surface area (Å²) in [5.74, 6) is 0.609. The molecule has 1 aromatic heterocycles. The lowest BCUT2D eigenvalue weighted by Crippen LogP contribution is -2.40. The molecule has 3 heteroatoms. The van der Waals surface area contributed by atoms with Crippen LogP contribution in [0.1, 0.15) is 32.1 Å². The topological polar surface area (TPSA) is 29.3 Å². The van der Waals surface area contributed by atoms with Crippen LogP contribution in [-0.4, -0.2) is 24.0 Å². The average molecular weight is 240 g/mol. The van der Waals surface area contributed by atoms with Crippen molar-refractivity contribution < 1.29 is 0 Å². The maximum atomic E-state index is 6.19. The van der Waals surface area contributed by atoms with E-state index in [1.165, 1.54) is 4.88 Å². The first-order valence-corrected chi connectivity index (χ1v) is 7.05. The van der Waals surface area contributed by atoms with E-state index in [1.54, 1.807) is 0 Å². The maximum Gasteiger partial charge on any atom is 0.0328 e. The molecule has 0 aliphatic rings. The molecule has 0 aliphatic carbocycles. The van der Waals surface area contributed by atoms with Gasteiger partial charge in [-0.2, -0.15) is 0 Å². The minimum atomic E-state index is 0.296. The average Bonchev–Trinajstić information content (AvgIpc) is 2.79. The molecule has 0 saturated carbocycles. The molecular weight excluding hydrogens is 216 g/mol. The summed E-state index contributed by atoms with van der Waals surface area (Å²) in [7, 11) is 0. The van der Waals surface area contributed by atoms with Crippen LogP contribution < -0.4 is 5.73 Å². The quantitative estimate of drug-likeness (QED) is 0.794. The zero-order valence-electron chi connectivity index (χ0n) is 10.6. The molecule has 1 rings (SSSR count). The van der Waals surface area contributed by atoms with Gasteiger partial charge in [-0.3, -0.25) is 4.90 Å². The molecule has 2 unspecified atom stereocenters. The zero-order valence-corrected chi connectivity index (χ0v) is 11.5. The summed E-state index contributed by atoms with van der Waals surface area (Å²) in [6.07, 6.45) is 1.16. The van der Waals surface area contributed by atoms with Crippen molar-refractivity contribution in [1.82, 2.24) is 4.90 Å². The van der Waals surface area contributed by atoms with Crippen molar-refractivity contribution >= 4 is 11.3 Å². The first kappa shape index (κ1) is 13.7. The fraction of sp³-hybridized carbons (Fsp3) is 0.692. The van der Waals surface area contributed by atoms with Crippen molar-refractivity contribution in [1.29, 1.82) is 0 Å². The van der Waals surface area contributed by atoms with Gasteiger partial charge in [0, 0.05) is 24.0 Å². The van der Waals surface area contributed by atoms with Crippen LogP contribution in [0.25, 0.3) is 0 Å². The lowest BCUT2D eigenvalue weighted by atomic mass is 9.99. The fourth-order valence-corrected chi connectivity index (χ4v) is 2.46. The predicted molar refractivity (Wildman–Crippen MR) is 72.7 cm³/mol. The highest BCUT2D eigenvalue weighted by atomic mass is 32.1. The third-order valence-electron chi connectivity index (χ3n) is 3.25. The van der Waals surface area contributed by atoms with E-state index in [9.17, 15) is 0 Å². The predicted octanol–water partition coefficient (Wildman–Crippen LogP) is 2.94. The molecule has 0 spiro atoms. The van der Waals surface area contributed by atoms with Crippen molar-refractivity contribution in [2.24, 2.45) is 11.7 Å². The Kier molecular flexibility index (Phi) is 6.03. The van der Waals surface area contributed by atoms with Gasteiger partial charge in [-0.05, 0) is 23.9 Å². The first-order valence-electron chi connectivity index (χ1n) is 6.17. The van der Waals surface area contributed by atoms with Gasteiger partial charge < -0.3 is 5.73 Å². The first-order chi connectivity index (χ1) is 7.67. The van der Waals surface area contributed by atoms with E-state index < -0.39 is 0 Å². The maximum absolute atomic E-state index is 6.19. The second-order valence-corrected chi connectivity index (χ2v) is 5.49. The van der Waals surface area contributed by atoms with Crippen LogP contribution in [0.5, 0.6) is 0 Å². The Morgan fingerprint density at radius 3 is 2.69 bits per heavy atom. The summed E-state index contributed by atoms with van der Waals surface area (Å²) in [4.78, 5) is 3.86. The Bertz CT molecular complexity index is 271. The SMILES string of the molecule is CCC(C)C(N)CN(CC)Cc1cccs1.